The molecule has 1 aliphatic rings. The van der Waals surface area contributed by atoms with E-state index in [4.69, 9.17) is 30.5 Å². The van der Waals surface area contributed by atoms with Crippen molar-refractivity contribution in [3.8, 4) is 23.0 Å². The van der Waals surface area contributed by atoms with E-state index in [2.05, 4.69) is 10.2 Å². The van der Waals surface area contributed by atoms with Crippen molar-refractivity contribution >= 4 is 17.5 Å². The van der Waals surface area contributed by atoms with E-state index in [9.17, 15) is 4.79 Å². The van der Waals surface area contributed by atoms with Gasteiger partial charge in [-0.1, -0.05) is 23.7 Å². The molecule has 1 fully saturated rings. The minimum absolute atomic E-state index is 0.0336. The van der Waals surface area contributed by atoms with Crippen LogP contribution < -0.4 is 14.8 Å². The third-order valence-electron chi connectivity index (χ3n) is 6.37. The Bertz CT molecular complexity index is 1160. The van der Waals surface area contributed by atoms with Gasteiger partial charge in [-0.15, -0.1) is 0 Å². The van der Waals surface area contributed by atoms with Gasteiger partial charge in [-0.05, 0) is 68.6 Å². The molecule has 7 nitrogen and oxygen atoms in total. The Morgan fingerprint density at radius 1 is 1.20 bits per heavy atom. The molecule has 2 heterocycles. The molecule has 1 atom stereocenters. The highest BCUT2D eigenvalue weighted by molar-refractivity contribution is 6.30. The molecule has 0 unspecified atom stereocenters. The van der Waals surface area contributed by atoms with E-state index >= 15 is 0 Å². The number of benzene rings is 2. The predicted molar refractivity (Wildman–Crippen MR) is 136 cm³/mol. The quantitative estimate of drug-likeness (QED) is 0.453. The van der Waals surface area contributed by atoms with Crippen molar-refractivity contribution in [3.05, 3.63) is 64.5 Å². The number of piperidine rings is 1. The van der Waals surface area contributed by atoms with E-state index in [-0.39, 0.29) is 11.8 Å². The van der Waals surface area contributed by atoms with Crippen molar-refractivity contribution in [2.24, 2.45) is 5.92 Å². The number of rotatable bonds is 9. The van der Waals surface area contributed by atoms with Gasteiger partial charge in [0.25, 0.3) is 0 Å². The third kappa shape index (κ3) is 6.35. The highest BCUT2D eigenvalue weighted by atomic mass is 35.5. The van der Waals surface area contributed by atoms with Gasteiger partial charge in [0.15, 0.2) is 11.5 Å². The average molecular weight is 498 g/mol. The summed E-state index contributed by atoms with van der Waals surface area (Å²) in [5.74, 6) is 2.83. The van der Waals surface area contributed by atoms with Gasteiger partial charge < -0.3 is 19.2 Å². The highest BCUT2D eigenvalue weighted by Crippen LogP contribution is 2.28. The Balaban J connectivity index is 1.30. The zero-order valence-electron chi connectivity index (χ0n) is 20.5. The van der Waals surface area contributed by atoms with Gasteiger partial charge in [0.1, 0.15) is 5.76 Å². The number of methoxy groups -OCH3 is 2. The lowest BCUT2D eigenvalue weighted by Crippen LogP contribution is -2.43. The summed E-state index contributed by atoms with van der Waals surface area (Å²) in [5, 5.41) is 3.76. The molecule has 0 radical (unpaired) electrons. The monoisotopic (exact) mass is 497 g/mol. The summed E-state index contributed by atoms with van der Waals surface area (Å²) < 4.78 is 16.6. The van der Waals surface area contributed by atoms with Gasteiger partial charge in [-0.25, -0.2) is 4.98 Å². The first-order valence-electron chi connectivity index (χ1n) is 11.9. The van der Waals surface area contributed by atoms with Gasteiger partial charge in [0, 0.05) is 30.2 Å². The summed E-state index contributed by atoms with van der Waals surface area (Å²) in [6.07, 6.45) is 2.60. The van der Waals surface area contributed by atoms with Crippen molar-refractivity contribution in [2.75, 3.05) is 33.9 Å². The molecular weight excluding hydrogens is 466 g/mol. The summed E-state index contributed by atoms with van der Waals surface area (Å²) in [4.78, 5) is 19.9. The molecule has 35 heavy (non-hydrogen) atoms. The molecule has 1 aliphatic heterocycles. The number of likely N-dealkylation sites (tertiary alicyclic amines) is 1. The number of carbonyl (C=O) groups is 1. The molecule has 0 spiro atoms. The van der Waals surface area contributed by atoms with Gasteiger partial charge >= 0.3 is 0 Å². The molecule has 1 aromatic heterocycles. The maximum absolute atomic E-state index is 12.9. The molecule has 3 aromatic rings. The van der Waals surface area contributed by atoms with E-state index in [1.165, 1.54) is 0 Å². The standard InChI is InChI=1S/C27H32ClN3O4/c1-18-23(30-27(35-18)20-6-4-8-22(28)15-20)17-31-13-5-7-21(16-31)26(32)29-12-11-19-9-10-24(33-2)25(14-19)34-3/h4,6,8-10,14-15,21H,5,7,11-13,16-17H2,1-3H3,(H,29,32)/t21-/m1/s1. The zero-order chi connectivity index (χ0) is 24.8. The van der Waals surface area contributed by atoms with Gasteiger partial charge in [0.2, 0.25) is 11.8 Å². The molecule has 1 amide bonds. The fourth-order valence-corrected chi connectivity index (χ4v) is 4.65. The minimum Gasteiger partial charge on any atom is -0.493 e. The summed E-state index contributed by atoms with van der Waals surface area (Å²) in [7, 11) is 3.24. The molecule has 0 bridgehead atoms. The largest absolute Gasteiger partial charge is 0.493 e. The predicted octanol–water partition coefficient (Wildman–Crippen LogP) is 4.89. The first-order valence-corrected chi connectivity index (χ1v) is 12.3. The summed E-state index contributed by atoms with van der Waals surface area (Å²) in [6, 6.07) is 13.3. The van der Waals surface area contributed by atoms with Crippen LogP contribution in [0, 0.1) is 12.8 Å². The van der Waals surface area contributed by atoms with Crippen molar-refractivity contribution < 1.29 is 18.7 Å². The normalized spacial score (nSPS) is 16.2. The third-order valence-corrected chi connectivity index (χ3v) is 6.61. The minimum atomic E-state index is -0.0336. The molecule has 0 saturated carbocycles. The lowest BCUT2D eigenvalue weighted by molar-refractivity contribution is -0.126. The van der Waals surface area contributed by atoms with Crippen LogP contribution in [0.3, 0.4) is 0 Å². The number of aromatic nitrogens is 1. The van der Waals surface area contributed by atoms with Gasteiger partial charge in [-0.2, -0.15) is 0 Å². The first kappa shape index (κ1) is 25.1. The Kier molecular flexibility index (Phi) is 8.31. The number of hydrogen-bond acceptors (Lipinski definition) is 6. The van der Waals surface area contributed by atoms with Gasteiger partial charge in [0.05, 0.1) is 25.8 Å². The van der Waals surface area contributed by atoms with Crippen LogP contribution in [0.15, 0.2) is 46.9 Å². The van der Waals surface area contributed by atoms with Crippen LogP contribution in [0.25, 0.3) is 11.5 Å². The highest BCUT2D eigenvalue weighted by Gasteiger charge is 2.27. The molecule has 4 rings (SSSR count). The Morgan fingerprint density at radius 2 is 2.03 bits per heavy atom. The van der Waals surface area contributed by atoms with Crippen LogP contribution in [0.2, 0.25) is 5.02 Å². The fourth-order valence-electron chi connectivity index (χ4n) is 4.46. The van der Waals surface area contributed by atoms with Crippen LogP contribution >= 0.6 is 11.6 Å². The number of aryl methyl sites for hydroxylation is 1. The Labute approximate surface area is 211 Å². The van der Waals surface area contributed by atoms with Crippen molar-refractivity contribution in [1.82, 2.24) is 15.2 Å². The zero-order valence-corrected chi connectivity index (χ0v) is 21.2. The molecule has 186 valence electrons. The van der Waals surface area contributed by atoms with E-state index in [1.54, 1.807) is 14.2 Å². The first-order chi connectivity index (χ1) is 17.0. The number of carbonyl (C=O) groups excluding carboxylic acids is 1. The van der Waals surface area contributed by atoms with Crippen molar-refractivity contribution in [3.63, 3.8) is 0 Å². The van der Waals surface area contributed by atoms with E-state index in [0.29, 0.717) is 42.0 Å². The van der Waals surface area contributed by atoms with Crippen LogP contribution in [0.5, 0.6) is 11.5 Å². The van der Waals surface area contributed by atoms with Crippen molar-refractivity contribution in [1.29, 1.82) is 0 Å². The van der Waals surface area contributed by atoms with Crippen LogP contribution in [-0.4, -0.2) is 49.6 Å². The summed E-state index contributed by atoms with van der Waals surface area (Å²) in [6.45, 7) is 4.81. The Hall–Kier alpha value is -3.03. The molecule has 0 aliphatic carbocycles. The summed E-state index contributed by atoms with van der Waals surface area (Å²) >= 11 is 6.11. The Morgan fingerprint density at radius 3 is 2.80 bits per heavy atom. The number of nitrogens with one attached hydrogen (secondary N) is 1. The second-order valence-electron chi connectivity index (χ2n) is 8.84. The maximum Gasteiger partial charge on any atom is 0.226 e. The number of nitrogens with zero attached hydrogens (tertiary/aromatic N) is 2. The van der Waals surface area contributed by atoms with Gasteiger partial charge in [-0.3, -0.25) is 9.69 Å². The molecule has 1 N–H and O–H groups in total. The fraction of sp³-hybridized carbons (Fsp3) is 0.407. The average Bonchev–Trinajstić information content (AvgIpc) is 3.24. The molecule has 8 heteroatoms. The maximum atomic E-state index is 12.9. The van der Waals surface area contributed by atoms with Crippen molar-refractivity contribution in [2.45, 2.75) is 32.7 Å². The van der Waals surface area contributed by atoms with E-state index in [0.717, 1.165) is 48.4 Å². The second kappa shape index (κ2) is 11.6. The topological polar surface area (TPSA) is 76.8 Å². The smallest absolute Gasteiger partial charge is 0.226 e. The number of amides is 1. The molecule has 1 saturated heterocycles. The molecular formula is C27H32ClN3O4. The number of oxazole rings is 1. The van der Waals surface area contributed by atoms with Crippen LogP contribution in [-0.2, 0) is 17.8 Å². The second-order valence-corrected chi connectivity index (χ2v) is 9.27. The SMILES string of the molecule is COc1ccc(CCNC(=O)[C@@H]2CCCN(Cc3nc(-c4cccc(Cl)c4)oc3C)C2)cc1OC. The van der Waals surface area contributed by atoms with E-state index < -0.39 is 0 Å². The summed E-state index contributed by atoms with van der Waals surface area (Å²) in [5.41, 5.74) is 2.84. The van der Waals surface area contributed by atoms with Crippen LogP contribution in [0.4, 0.5) is 0 Å². The lowest BCUT2D eigenvalue weighted by atomic mass is 9.97. The number of ether oxygens (including phenoxy) is 2. The number of halogens is 1. The number of hydrogen-bond donors (Lipinski definition) is 1. The molecule has 2 aromatic carbocycles. The van der Waals surface area contributed by atoms with E-state index in [1.807, 2.05) is 49.4 Å². The van der Waals surface area contributed by atoms with Crippen LogP contribution in [0.1, 0.15) is 29.9 Å². The lowest BCUT2D eigenvalue weighted by Gasteiger charge is -2.31.